The Balaban J connectivity index is 2.92. The highest BCUT2D eigenvalue weighted by atomic mass is 79.9. The van der Waals surface area contributed by atoms with Crippen LogP contribution < -0.4 is 4.90 Å². The summed E-state index contributed by atoms with van der Waals surface area (Å²) in [7, 11) is 1.39. The van der Waals surface area contributed by atoms with E-state index >= 15 is 0 Å². The molecule has 94 valence electrons. The number of carbonyl (C=O) groups excluding carboxylic acids is 1. The highest BCUT2D eigenvalue weighted by molar-refractivity contribution is 9.10. The zero-order chi connectivity index (χ0) is 12.8. The van der Waals surface area contributed by atoms with Gasteiger partial charge >= 0.3 is 5.97 Å². The third-order valence-electron chi connectivity index (χ3n) is 2.30. The SMILES string of the molecule is CCCN(CC(=O)OC)c1ncc(C)cc1Br. The lowest BCUT2D eigenvalue weighted by Gasteiger charge is -2.22. The van der Waals surface area contributed by atoms with Gasteiger partial charge in [0.15, 0.2) is 0 Å². The normalized spacial score (nSPS) is 10.1. The van der Waals surface area contributed by atoms with Gasteiger partial charge in [0.2, 0.25) is 0 Å². The number of hydrogen-bond acceptors (Lipinski definition) is 4. The molecule has 1 rings (SSSR count). The van der Waals surface area contributed by atoms with Gasteiger partial charge in [-0.3, -0.25) is 4.79 Å². The minimum atomic E-state index is -0.257. The molecule has 0 saturated heterocycles. The highest BCUT2D eigenvalue weighted by Gasteiger charge is 2.15. The molecule has 0 spiro atoms. The maximum Gasteiger partial charge on any atom is 0.325 e. The second-order valence-corrected chi connectivity index (χ2v) is 4.67. The van der Waals surface area contributed by atoms with Crippen LogP contribution in [-0.2, 0) is 9.53 Å². The molecule has 0 saturated carbocycles. The zero-order valence-corrected chi connectivity index (χ0v) is 12.0. The molecule has 0 fully saturated rings. The average Bonchev–Trinajstić information content (AvgIpc) is 2.28. The molecule has 4 nitrogen and oxygen atoms in total. The maximum absolute atomic E-state index is 11.3. The second kappa shape index (κ2) is 6.59. The minimum Gasteiger partial charge on any atom is -0.468 e. The number of carbonyl (C=O) groups is 1. The number of aryl methyl sites for hydroxylation is 1. The van der Waals surface area contributed by atoms with Crippen molar-refractivity contribution in [2.45, 2.75) is 20.3 Å². The number of hydrogen-bond donors (Lipinski definition) is 0. The van der Waals surface area contributed by atoms with E-state index in [2.05, 4.69) is 32.6 Å². The molecule has 0 amide bonds. The molecule has 0 atom stereocenters. The van der Waals surface area contributed by atoms with Crippen molar-refractivity contribution in [3.05, 3.63) is 22.3 Å². The fourth-order valence-electron chi connectivity index (χ4n) is 1.51. The lowest BCUT2D eigenvalue weighted by atomic mass is 10.3. The molecule has 0 radical (unpaired) electrons. The van der Waals surface area contributed by atoms with E-state index in [1.165, 1.54) is 7.11 Å². The van der Waals surface area contributed by atoms with E-state index < -0.39 is 0 Å². The van der Waals surface area contributed by atoms with Gasteiger partial charge in [-0.05, 0) is 40.9 Å². The molecular formula is C12H17BrN2O2. The van der Waals surface area contributed by atoms with Crippen LogP contribution in [0.3, 0.4) is 0 Å². The summed E-state index contributed by atoms with van der Waals surface area (Å²) in [6.45, 7) is 5.03. The summed E-state index contributed by atoms with van der Waals surface area (Å²) in [6, 6.07) is 1.99. The molecule has 1 aromatic heterocycles. The van der Waals surface area contributed by atoms with Crippen molar-refractivity contribution in [3.63, 3.8) is 0 Å². The van der Waals surface area contributed by atoms with Crippen molar-refractivity contribution in [2.24, 2.45) is 0 Å². The van der Waals surface area contributed by atoms with Crippen LogP contribution in [0.5, 0.6) is 0 Å². The first-order chi connectivity index (χ1) is 8.08. The number of rotatable bonds is 5. The Hall–Kier alpha value is -1.10. The van der Waals surface area contributed by atoms with Gasteiger partial charge in [0.05, 0.1) is 11.6 Å². The Morgan fingerprint density at radius 3 is 2.82 bits per heavy atom. The quantitative estimate of drug-likeness (QED) is 0.784. The Labute approximate surface area is 110 Å². The first-order valence-electron chi connectivity index (χ1n) is 5.52. The third kappa shape index (κ3) is 4.00. The molecule has 1 aromatic rings. The van der Waals surface area contributed by atoms with Crippen LogP contribution in [-0.4, -0.2) is 31.2 Å². The fraction of sp³-hybridized carbons (Fsp3) is 0.500. The molecule has 0 bridgehead atoms. The average molecular weight is 301 g/mol. The largest absolute Gasteiger partial charge is 0.468 e. The molecule has 0 aromatic carbocycles. The van der Waals surface area contributed by atoms with Crippen molar-refractivity contribution < 1.29 is 9.53 Å². The summed E-state index contributed by atoms with van der Waals surface area (Å²) in [6.07, 6.45) is 2.74. The third-order valence-corrected chi connectivity index (χ3v) is 2.88. The van der Waals surface area contributed by atoms with Crippen molar-refractivity contribution in [1.82, 2.24) is 4.98 Å². The molecule has 17 heavy (non-hydrogen) atoms. The number of anilines is 1. The zero-order valence-electron chi connectivity index (χ0n) is 10.4. The van der Waals surface area contributed by atoms with Gasteiger partial charge < -0.3 is 9.64 Å². The predicted octanol–water partition coefficient (Wildman–Crippen LogP) is 2.54. The number of ether oxygens (including phenoxy) is 1. The Morgan fingerprint density at radius 2 is 2.29 bits per heavy atom. The van der Waals surface area contributed by atoms with Crippen molar-refractivity contribution in [2.75, 3.05) is 25.1 Å². The lowest BCUT2D eigenvalue weighted by Crippen LogP contribution is -2.32. The summed E-state index contributed by atoms with van der Waals surface area (Å²) in [5.41, 5.74) is 1.08. The number of pyridine rings is 1. The summed E-state index contributed by atoms with van der Waals surface area (Å²) in [5, 5.41) is 0. The highest BCUT2D eigenvalue weighted by Crippen LogP contribution is 2.24. The summed E-state index contributed by atoms with van der Waals surface area (Å²) >= 11 is 3.47. The number of methoxy groups -OCH3 is 1. The summed E-state index contributed by atoms with van der Waals surface area (Å²) in [5.74, 6) is 0.524. The molecule has 0 aliphatic carbocycles. The standard InChI is InChI=1S/C12H17BrN2O2/c1-4-5-15(8-11(16)17-3)12-10(13)6-9(2)7-14-12/h6-7H,4-5,8H2,1-3H3. The van der Waals surface area contributed by atoms with E-state index in [9.17, 15) is 4.79 Å². The lowest BCUT2D eigenvalue weighted by molar-refractivity contribution is -0.138. The van der Waals surface area contributed by atoms with Gasteiger partial charge in [-0.2, -0.15) is 0 Å². The first-order valence-corrected chi connectivity index (χ1v) is 6.31. The molecule has 5 heteroatoms. The molecule has 0 N–H and O–H groups in total. The number of nitrogens with zero attached hydrogens (tertiary/aromatic N) is 2. The van der Waals surface area contributed by atoms with Crippen LogP contribution in [0.4, 0.5) is 5.82 Å². The van der Waals surface area contributed by atoms with Gasteiger partial charge in [0.1, 0.15) is 12.4 Å². The van der Waals surface area contributed by atoms with Crippen molar-refractivity contribution in [1.29, 1.82) is 0 Å². The summed E-state index contributed by atoms with van der Waals surface area (Å²) < 4.78 is 5.59. The Bertz CT molecular complexity index is 396. The van der Waals surface area contributed by atoms with Crippen LogP contribution in [0.1, 0.15) is 18.9 Å². The van der Waals surface area contributed by atoms with Gasteiger partial charge in [-0.15, -0.1) is 0 Å². The predicted molar refractivity (Wildman–Crippen MR) is 71.2 cm³/mol. The number of halogens is 1. The first kappa shape index (κ1) is 14.0. The monoisotopic (exact) mass is 300 g/mol. The molecular weight excluding hydrogens is 284 g/mol. The van der Waals surface area contributed by atoms with E-state index in [4.69, 9.17) is 0 Å². The van der Waals surface area contributed by atoms with Crippen LogP contribution in [0.15, 0.2) is 16.7 Å². The topological polar surface area (TPSA) is 42.4 Å². The second-order valence-electron chi connectivity index (χ2n) is 3.82. The Kier molecular flexibility index (Phi) is 5.41. The minimum absolute atomic E-state index is 0.221. The molecule has 0 aliphatic heterocycles. The van der Waals surface area contributed by atoms with E-state index in [0.717, 1.165) is 28.8 Å². The van der Waals surface area contributed by atoms with Crippen LogP contribution >= 0.6 is 15.9 Å². The van der Waals surface area contributed by atoms with Gasteiger partial charge in [0, 0.05) is 12.7 Å². The molecule has 1 heterocycles. The van der Waals surface area contributed by atoms with E-state index in [1.807, 2.05) is 17.9 Å². The maximum atomic E-state index is 11.3. The van der Waals surface area contributed by atoms with Gasteiger partial charge in [-0.25, -0.2) is 4.98 Å². The van der Waals surface area contributed by atoms with Gasteiger partial charge in [-0.1, -0.05) is 6.92 Å². The number of esters is 1. The van der Waals surface area contributed by atoms with Crippen LogP contribution in [0.25, 0.3) is 0 Å². The van der Waals surface area contributed by atoms with Gasteiger partial charge in [0.25, 0.3) is 0 Å². The fourth-order valence-corrected chi connectivity index (χ4v) is 2.22. The van der Waals surface area contributed by atoms with E-state index in [-0.39, 0.29) is 12.5 Å². The van der Waals surface area contributed by atoms with E-state index in [1.54, 1.807) is 6.20 Å². The van der Waals surface area contributed by atoms with Crippen molar-refractivity contribution >= 4 is 27.7 Å². The van der Waals surface area contributed by atoms with Crippen LogP contribution in [0, 0.1) is 6.92 Å². The Morgan fingerprint density at radius 1 is 1.59 bits per heavy atom. The summed E-state index contributed by atoms with van der Waals surface area (Å²) in [4.78, 5) is 17.6. The van der Waals surface area contributed by atoms with E-state index in [0.29, 0.717) is 0 Å². The van der Waals surface area contributed by atoms with Crippen LogP contribution in [0.2, 0.25) is 0 Å². The number of aromatic nitrogens is 1. The molecule has 0 unspecified atom stereocenters. The molecule has 0 aliphatic rings. The smallest absolute Gasteiger partial charge is 0.325 e. The van der Waals surface area contributed by atoms with Crippen molar-refractivity contribution in [3.8, 4) is 0 Å².